The second kappa shape index (κ2) is 7.89. The Hall–Kier alpha value is -2.05. The molecule has 30 heavy (non-hydrogen) atoms. The smallest absolute Gasteiger partial charge is 0.337 e. The number of rotatable bonds is 5. The lowest BCUT2D eigenvalue weighted by Gasteiger charge is -2.29. The molecule has 4 rings (SSSR count). The number of nitrogens with zero attached hydrogens (tertiary/aromatic N) is 2. The first kappa shape index (κ1) is 21.2. The van der Waals surface area contributed by atoms with Crippen molar-refractivity contribution in [3.63, 3.8) is 0 Å². The molecule has 1 aromatic carbocycles. The number of carbonyl (C=O) groups is 1. The van der Waals surface area contributed by atoms with E-state index < -0.39 is 5.97 Å². The Morgan fingerprint density at radius 1 is 1.33 bits per heavy atom. The number of thiophene rings is 1. The van der Waals surface area contributed by atoms with E-state index in [0.717, 1.165) is 66.2 Å². The number of aryl methyl sites for hydroxylation is 1. The largest absolute Gasteiger partial charge is 0.488 e. The van der Waals surface area contributed by atoms with Crippen molar-refractivity contribution < 1.29 is 14.6 Å². The number of carboxylic acid groups (broad SMARTS) is 1. The molecule has 0 amide bonds. The number of carboxylic acids is 1. The van der Waals surface area contributed by atoms with Crippen LogP contribution < -0.4 is 9.64 Å². The monoisotopic (exact) mass is 428 g/mol. The highest BCUT2D eigenvalue weighted by Gasteiger charge is 2.34. The second-order valence-electron chi connectivity index (χ2n) is 9.72. The first-order chi connectivity index (χ1) is 14.1. The lowest BCUT2D eigenvalue weighted by molar-refractivity contribution is 0.0696. The maximum atomic E-state index is 12.4. The van der Waals surface area contributed by atoms with Gasteiger partial charge in [-0.1, -0.05) is 13.8 Å². The van der Waals surface area contributed by atoms with Gasteiger partial charge in [0.1, 0.15) is 11.9 Å². The molecule has 1 saturated heterocycles. The fraction of sp³-hybridized carbons (Fsp3) is 0.542. The van der Waals surface area contributed by atoms with Crippen LogP contribution in [0.2, 0.25) is 0 Å². The van der Waals surface area contributed by atoms with Crippen LogP contribution in [0.25, 0.3) is 10.4 Å². The van der Waals surface area contributed by atoms with Crippen LogP contribution in [-0.4, -0.2) is 56.3 Å². The van der Waals surface area contributed by atoms with Gasteiger partial charge in [0, 0.05) is 49.4 Å². The van der Waals surface area contributed by atoms with E-state index in [1.54, 1.807) is 11.3 Å². The lowest BCUT2D eigenvalue weighted by atomic mass is 9.76. The third kappa shape index (κ3) is 4.08. The Morgan fingerprint density at radius 3 is 2.73 bits per heavy atom. The molecule has 2 aromatic rings. The molecule has 2 aliphatic rings. The number of hydrogen-bond acceptors (Lipinski definition) is 5. The highest BCUT2D eigenvalue weighted by atomic mass is 32.1. The molecule has 1 aliphatic carbocycles. The van der Waals surface area contributed by atoms with Crippen molar-refractivity contribution in [2.75, 3.05) is 39.1 Å². The normalized spacial score (nSPS) is 20.8. The molecule has 1 fully saturated rings. The number of hydrogen-bond donors (Lipinski definition) is 1. The molecule has 0 radical (unpaired) electrons. The minimum atomic E-state index is -0.830. The van der Waals surface area contributed by atoms with Crippen molar-refractivity contribution in [1.82, 2.24) is 4.90 Å². The Labute approximate surface area is 183 Å². The first-order valence-electron chi connectivity index (χ1n) is 10.7. The predicted molar refractivity (Wildman–Crippen MR) is 123 cm³/mol. The number of aromatic carboxylic acids is 1. The van der Waals surface area contributed by atoms with Crippen LogP contribution in [0.1, 0.15) is 47.5 Å². The summed E-state index contributed by atoms with van der Waals surface area (Å²) in [4.78, 5) is 18.8. The zero-order valence-corrected chi connectivity index (χ0v) is 19.4. The Bertz CT molecular complexity index is 964. The van der Waals surface area contributed by atoms with Gasteiger partial charge in [-0.15, -0.1) is 11.3 Å². The van der Waals surface area contributed by atoms with E-state index >= 15 is 0 Å². The van der Waals surface area contributed by atoms with E-state index in [2.05, 4.69) is 42.8 Å². The minimum absolute atomic E-state index is 0.132. The summed E-state index contributed by atoms with van der Waals surface area (Å²) in [7, 11) is 6.13. The van der Waals surface area contributed by atoms with Gasteiger partial charge >= 0.3 is 5.97 Å². The quantitative estimate of drug-likeness (QED) is 0.743. The third-order valence-corrected chi connectivity index (χ3v) is 7.68. The maximum Gasteiger partial charge on any atom is 0.337 e. The zero-order chi connectivity index (χ0) is 21.6. The Kier molecular flexibility index (Phi) is 5.58. The number of likely N-dealkylation sites (tertiary alicyclic amines) is 1. The minimum Gasteiger partial charge on any atom is -0.488 e. The summed E-state index contributed by atoms with van der Waals surface area (Å²) >= 11 is 1.65. The predicted octanol–water partition coefficient (Wildman–Crippen LogP) is 4.78. The van der Waals surface area contributed by atoms with Gasteiger partial charge < -0.3 is 19.6 Å². The lowest BCUT2D eigenvalue weighted by Crippen LogP contribution is -2.22. The summed E-state index contributed by atoms with van der Waals surface area (Å²) < 4.78 is 6.48. The summed E-state index contributed by atoms with van der Waals surface area (Å²) in [6.45, 7) is 6.38. The molecule has 5 nitrogen and oxygen atoms in total. The highest BCUT2D eigenvalue weighted by Crippen LogP contribution is 2.47. The molecule has 2 heterocycles. The summed E-state index contributed by atoms with van der Waals surface area (Å²) in [5, 5.41) is 10.1. The van der Waals surface area contributed by atoms with Crippen LogP contribution in [0.4, 0.5) is 5.69 Å². The van der Waals surface area contributed by atoms with Crippen molar-refractivity contribution in [3.8, 4) is 16.2 Å². The summed E-state index contributed by atoms with van der Waals surface area (Å²) in [5.74, 6) is -0.0368. The molecule has 1 atom stereocenters. The summed E-state index contributed by atoms with van der Waals surface area (Å²) in [5.41, 5.74) is 3.61. The van der Waals surface area contributed by atoms with Gasteiger partial charge in [0.05, 0.1) is 10.4 Å². The molecule has 1 aromatic heterocycles. The number of fused-ring (bicyclic) bond motifs is 1. The van der Waals surface area contributed by atoms with Crippen molar-refractivity contribution in [2.24, 2.45) is 5.41 Å². The van der Waals surface area contributed by atoms with E-state index in [9.17, 15) is 9.90 Å². The summed E-state index contributed by atoms with van der Waals surface area (Å²) in [6, 6.07) is 6.15. The molecule has 0 saturated carbocycles. The van der Waals surface area contributed by atoms with Crippen molar-refractivity contribution in [2.45, 2.75) is 45.6 Å². The molecule has 1 N–H and O–H groups in total. The molecule has 0 spiro atoms. The fourth-order valence-corrected chi connectivity index (χ4v) is 5.92. The second-order valence-corrected chi connectivity index (χ2v) is 10.8. The molecule has 6 heteroatoms. The maximum absolute atomic E-state index is 12.4. The molecule has 162 valence electrons. The molecule has 0 unspecified atom stereocenters. The SMILES string of the molecule is CN1CC[C@H](Oc2cc(N(C)C)ccc2-c2sc3c(c2C(=O)O)CC(C)(C)CC3)C1. The number of likely N-dealkylation sites (N-methyl/N-ethyl adjacent to an activating group) is 1. The number of anilines is 1. The van der Waals surface area contributed by atoms with Gasteiger partial charge in [0.15, 0.2) is 0 Å². The fourth-order valence-electron chi connectivity index (χ4n) is 4.58. The van der Waals surface area contributed by atoms with Crippen LogP contribution in [-0.2, 0) is 12.8 Å². The highest BCUT2D eigenvalue weighted by molar-refractivity contribution is 7.16. The van der Waals surface area contributed by atoms with Crippen LogP contribution in [0, 0.1) is 5.41 Å². The standard InChI is InChI=1S/C24H32N2O3S/c1-24(2)10-8-20-18(13-24)21(23(27)28)22(30-20)17-7-6-15(25(3)4)12-19(17)29-16-9-11-26(5)14-16/h6-7,12,16H,8-11,13-14H2,1-5H3,(H,27,28)/t16-/m0/s1. The number of benzene rings is 1. The van der Waals surface area contributed by atoms with E-state index in [4.69, 9.17) is 4.74 Å². The van der Waals surface area contributed by atoms with E-state index in [0.29, 0.717) is 5.56 Å². The number of ether oxygens (including phenoxy) is 1. The van der Waals surface area contributed by atoms with E-state index in [-0.39, 0.29) is 11.5 Å². The van der Waals surface area contributed by atoms with Gasteiger partial charge in [-0.05, 0) is 55.8 Å². The van der Waals surface area contributed by atoms with Crippen molar-refractivity contribution in [3.05, 3.63) is 34.2 Å². The van der Waals surface area contributed by atoms with Crippen LogP contribution in [0.5, 0.6) is 5.75 Å². The topological polar surface area (TPSA) is 53.0 Å². The van der Waals surface area contributed by atoms with Crippen molar-refractivity contribution in [1.29, 1.82) is 0 Å². The average molecular weight is 429 g/mol. The van der Waals surface area contributed by atoms with Gasteiger partial charge in [0.25, 0.3) is 0 Å². The molecule has 0 bridgehead atoms. The Morgan fingerprint density at radius 2 is 2.10 bits per heavy atom. The summed E-state index contributed by atoms with van der Waals surface area (Å²) in [6.07, 6.45) is 3.99. The Balaban J connectivity index is 1.82. The zero-order valence-electron chi connectivity index (χ0n) is 18.6. The molecular formula is C24H32N2O3S. The van der Waals surface area contributed by atoms with Gasteiger partial charge in [-0.25, -0.2) is 4.79 Å². The van der Waals surface area contributed by atoms with Gasteiger partial charge in [-0.3, -0.25) is 0 Å². The van der Waals surface area contributed by atoms with Crippen molar-refractivity contribution >= 4 is 23.0 Å². The van der Waals surface area contributed by atoms with E-state index in [1.165, 1.54) is 4.88 Å². The first-order valence-corrected chi connectivity index (χ1v) is 11.5. The molecular weight excluding hydrogens is 396 g/mol. The van der Waals surface area contributed by atoms with Crippen LogP contribution in [0.3, 0.4) is 0 Å². The third-order valence-electron chi connectivity index (χ3n) is 6.36. The van der Waals surface area contributed by atoms with Crippen LogP contribution >= 0.6 is 11.3 Å². The average Bonchev–Trinajstić information content (AvgIpc) is 3.23. The van der Waals surface area contributed by atoms with Crippen LogP contribution in [0.15, 0.2) is 18.2 Å². The van der Waals surface area contributed by atoms with Gasteiger partial charge in [-0.2, -0.15) is 0 Å². The van der Waals surface area contributed by atoms with Gasteiger partial charge in [0.2, 0.25) is 0 Å². The van der Waals surface area contributed by atoms with E-state index in [1.807, 2.05) is 20.2 Å². The molecule has 1 aliphatic heterocycles.